The first-order valence-electron chi connectivity index (χ1n) is 9.79. The summed E-state index contributed by atoms with van der Waals surface area (Å²) in [6.45, 7) is 0. The molecule has 3 aromatic carbocycles. The fourth-order valence-corrected chi connectivity index (χ4v) is 3.26. The number of anilines is 1. The van der Waals surface area contributed by atoms with Crippen molar-refractivity contribution in [2.45, 2.75) is 25.4 Å². The summed E-state index contributed by atoms with van der Waals surface area (Å²) in [5.74, 6) is -3.93. The van der Waals surface area contributed by atoms with Gasteiger partial charge in [-0.3, -0.25) is 9.59 Å². The summed E-state index contributed by atoms with van der Waals surface area (Å²) in [6, 6.07) is 9.93. The van der Waals surface area contributed by atoms with E-state index in [0.29, 0.717) is 17.7 Å². The molecule has 10 heteroatoms. The lowest BCUT2D eigenvalue weighted by Crippen LogP contribution is -2.18. The van der Waals surface area contributed by atoms with Crippen LogP contribution in [0.15, 0.2) is 60.7 Å². The zero-order valence-electron chi connectivity index (χ0n) is 17.2. The van der Waals surface area contributed by atoms with Crippen LogP contribution in [0.25, 0.3) is 0 Å². The largest absolute Gasteiger partial charge is 0.418 e. The van der Waals surface area contributed by atoms with Crippen molar-refractivity contribution < 1.29 is 40.3 Å². The van der Waals surface area contributed by atoms with Crippen LogP contribution >= 0.6 is 0 Å². The van der Waals surface area contributed by atoms with Crippen LogP contribution in [0.5, 0.6) is 0 Å². The van der Waals surface area contributed by atoms with E-state index in [9.17, 15) is 40.3 Å². The molecule has 0 saturated carbocycles. The minimum Gasteiger partial charge on any atom is -0.321 e. The number of Topliss-reactive ketones (excluding diaryl/α,β-unsaturated/α-hetero) is 1. The maximum absolute atomic E-state index is 13.8. The number of ketones is 1. The maximum atomic E-state index is 13.8. The molecule has 0 fully saturated rings. The van der Waals surface area contributed by atoms with Crippen LogP contribution in [-0.2, 0) is 23.8 Å². The second-order valence-electron chi connectivity index (χ2n) is 7.39. The van der Waals surface area contributed by atoms with Crippen LogP contribution in [0.3, 0.4) is 0 Å². The Balaban J connectivity index is 1.79. The molecule has 1 amide bonds. The Kier molecular flexibility index (Phi) is 7.38. The van der Waals surface area contributed by atoms with Gasteiger partial charge in [0, 0.05) is 24.5 Å². The molecule has 0 aliphatic carbocycles. The molecule has 1 N–H and O–H groups in total. The molecule has 178 valence electrons. The number of carbonyl (C=O) groups is 2. The lowest BCUT2D eigenvalue weighted by atomic mass is 9.99. The molecule has 0 atom stereocenters. The van der Waals surface area contributed by atoms with E-state index in [-0.39, 0.29) is 17.5 Å². The Labute approximate surface area is 189 Å². The SMILES string of the molecule is O=C(Cc1cccc(C(F)F)c1)Cc1ccc(NC(=O)c2ccc(F)cc2F)c(C(F)(F)F)c1. The molecule has 3 nitrogen and oxygen atoms in total. The highest BCUT2D eigenvalue weighted by molar-refractivity contribution is 6.05. The van der Waals surface area contributed by atoms with Gasteiger partial charge in [-0.1, -0.05) is 24.3 Å². The van der Waals surface area contributed by atoms with Crippen LogP contribution in [0.1, 0.15) is 39.0 Å². The van der Waals surface area contributed by atoms with E-state index in [2.05, 4.69) is 0 Å². The summed E-state index contributed by atoms with van der Waals surface area (Å²) in [7, 11) is 0. The van der Waals surface area contributed by atoms with Crippen molar-refractivity contribution in [3.05, 3.63) is 100 Å². The first-order valence-corrected chi connectivity index (χ1v) is 9.79. The van der Waals surface area contributed by atoms with Gasteiger partial charge in [0.1, 0.15) is 17.4 Å². The summed E-state index contributed by atoms with van der Waals surface area (Å²) in [6.07, 6.45) is -8.32. The van der Waals surface area contributed by atoms with Gasteiger partial charge in [-0.2, -0.15) is 13.2 Å². The smallest absolute Gasteiger partial charge is 0.321 e. The van der Waals surface area contributed by atoms with Crippen LogP contribution in [0, 0.1) is 11.6 Å². The summed E-state index contributed by atoms with van der Waals surface area (Å²) in [4.78, 5) is 24.5. The molecule has 3 rings (SSSR count). The third-order valence-electron chi connectivity index (χ3n) is 4.82. The Morgan fingerprint density at radius 1 is 0.853 bits per heavy atom. The predicted molar refractivity (Wildman–Crippen MR) is 110 cm³/mol. The molecule has 0 bridgehead atoms. The third-order valence-corrected chi connectivity index (χ3v) is 4.82. The zero-order valence-corrected chi connectivity index (χ0v) is 17.2. The molecule has 34 heavy (non-hydrogen) atoms. The zero-order chi connectivity index (χ0) is 25.0. The summed E-state index contributed by atoms with van der Waals surface area (Å²) in [5, 5.41) is 1.95. The number of nitrogens with one attached hydrogen (secondary N) is 1. The minimum absolute atomic E-state index is 0.0201. The minimum atomic E-state index is -4.92. The standard InChI is InChI=1S/C24H16F7NO2/c25-16-5-6-18(20(26)12-16)23(34)32-21-7-4-14(11-19(21)24(29,30)31)10-17(33)9-13-2-1-3-15(8-13)22(27)28/h1-8,11-12,22H,9-10H2,(H,32,34). The number of rotatable bonds is 7. The normalized spacial score (nSPS) is 11.5. The van der Waals surface area contributed by atoms with E-state index >= 15 is 0 Å². The predicted octanol–water partition coefficient (Wildman–Crippen LogP) is 6.53. The van der Waals surface area contributed by atoms with E-state index in [0.717, 1.165) is 24.3 Å². The van der Waals surface area contributed by atoms with E-state index in [1.807, 2.05) is 5.32 Å². The van der Waals surface area contributed by atoms with Gasteiger partial charge < -0.3 is 5.32 Å². The molecule has 3 aromatic rings. The van der Waals surface area contributed by atoms with Crippen molar-refractivity contribution in [1.82, 2.24) is 0 Å². The second kappa shape index (κ2) is 10.1. The second-order valence-corrected chi connectivity index (χ2v) is 7.39. The van der Waals surface area contributed by atoms with Crippen molar-refractivity contribution >= 4 is 17.4 Å². The van der Waals surface area contributed by atoms with Crippen molar-refractivity contribution in [1.29, 1.82) is 0 Å². The van der Waals surface area contributed by atoms with Gasteiger partial charge in [0.05, 0.1) is 16.8 Å². The van der Waals surface area contributed by atoms with Crippen LogP contribution in [-0.4, -0.2) is 11.7 Å². The Morgan fingerprint density at radius 3 is 2.15 bits per heavy atom. The van der Waals surface area contributed by atoms with Crippen LogP contribution in [0.2, 0.25) is 0 Å². The highest BCUT2D eigenvalue weighted by Gasteiger charge is 2.34. The van der Waals surface area contributed by atoms with Gasteiger partial charge in [0.15, 0.2) is 0 Å². The van der Waals surface area contributed by atoms with Crippen molar-refractivity contribution in [3.63, 3.8) is 0 Å². The third kappa shape index (κ3) is 6.21. The number of hydrogen-bond acceptors (Lipinski definition) is 2. The number of hydrogen-bond donors (Lipinski definition) is 1. The van der Waals surface area contributed by atoms with Gasteiger partial charge in [-0.15, -0.1) is 0 Å². The first kappa shape index (κ1) is 24.9. The Bertz CT molecular complexity index is 1220. The molecular weight excluding hydrogens is 467 g/mol. The van der Waals surface area contributed by atoms with Gasteiger partial charge in [-0.05, 0) is 41.5 Å². The summed E-state index contributed by atoms with van der Waals surface area (Å²) in [5.41, 5.74) is -2.60. The molecular formula is C24H16F7NO2. The molecule has 0 aromatic heterocycles. The fourth-order valence-electron chi connectivity index (χ4n) is 3.26. The Hall–Kier alpha value is -3.69. The molecule has 0 spiro atoms. The summed E-state index contributed by atoms with van der Waals surface area (Å²) >= 11 is 0. The number of halogens is 7. The molecule has 0 heterocycles. The molecule has 0 radical (unpaired) electrons. The number of alkyl halides is 5. The van der Waals surface area contributed by atoms with Crippen molar-refractivity contribution in [2.24, 2.45) is 0 Å². The van der Waals surface area contributed by atoms with Crippen molar-refractivity contribution in [2.75, 3.05) is 5.32 Å². The van der Waals surface area contributed by atoms with Gasteiger partial charge in [0.25, 0.3) is 12.3 Å². The van der Waals surface area contributed by atoms with Gasteiger partial charge in [-0.25, -0.2) is 17.6 Å². The van der Waals surface area contributed by atoms with Gasteiger partial charge in [0.2, 0.25) is 0 Å². The summed E-state index contributed by atoms with van der Waals surface area (Å²) < 4.78 is 93.2. The first-order chi connectivity index (χ1) is 15.9. The van der Waals surface area contributed by atoms with Crippen molar-refractivity contribution in [3.8, 4) is 0 Å². The number of amides is 1. The average molecular weight is 483 g/mol. The highest BCUT2D eigenvalue weighted by atomic mass is 19.4. The average Bonchev–Trinajstić information content (AvgIpc) is 2.74. The monoisotopic (exact) mass is 483 g/mol. The highest BCUT2D eigenvalue weighted by Crippen LogP contribution is 2.36. The molecule has 0 aliphatic heterocycles. The molecule has 0 aliphatic rings. The van der Waals surface area contributed by atoms with Gasteiger partial charge >= 0.3 is 6.18 Å². The lowest BCUT2D eigenvalue weighted by Gasteiger charge is -2.16. The number of benzene rings is 3. The Morgan fingerprint density at radius 2 is 1.53 bits per heavy atom. The topological polar surface area (TPSA) is 46.2 Å². The van der Waals surface area contributed by atoms with E-state index in [1.165, 1.54) is 24.3 Å². The van der Waals surface area contributed by atoms with E-state index in [4.69, 9.17) is 0 Å². The van der Waals surface area contributed by atoms with E-state index in [1.54, 1.807) is 0 Å². The lowest BCUT2D eigenvalue weighted by molar-refractivity contribution is -0.137. The number of carbonyl (C=O) groups excluding carboxylic acids is 2. The van der Waals surface area contributed by atoms with Crippen LogP contribution < -0.4 is 5.32 Å². The maximum Gasteiger partial charge on any atom is 0.418 e. The van der Waals surface area contributed by atoms with E-state index < -0.39 is 59.2 Å². The fraction of sp³-hybridized carbons (Fsp3) is 0.167. The molecule has 0 saturated heterocycles. The molecule has 0 unspecified atom stereocenters. The van der Waals surface area contributed by atoms with Crippen LogP contribution in [0.4, 0.5) is 36.4 Å². The quantitative estimate of drug-likeness (QED) is 0.389.